The molecule has 4 rings (SSSR count). The van der Waals surface area contributed by atoms with Crippen molar-refractivity contribution in [3.05, 3.63) is 0 Å². The molecule has 4 amide bonds. The zero-order chi connectivity index (χ0) is 37.1. The highest BCUT2D eigenvalue weighted by molar-refractivity contribution is 5.82. The number of nitrogens with two attached hydrogens (primary N) is 1. The van der Waals surface area contributed by atoms with E-state index in [9.17, 15) is 19.2 Å². The van der Waals surface area contributed by atoms with E-state index < -0.39 is 11.7 Å². The molecule has 3 N–H and O–H groups in total. The third-order valence-corrected chi connectivity index (χ3v) is 10.2. The Hall–Kier alpha value is -2.40. The summed E-state index contributed by atoms with van der Waals surface area (Å²) < 4.78 is 5.07. The Morgan fingerprint density at radius 3 is 1.37 bits per heavy atom. The van der Waals surface area contributed by atoms with Crippen molar-refractivity contribution >= 4 is 23.8 Å². The summed E-state index contributed by atoms with van der Waals surface area (Å²) in [6, 6.07) is 0.871. The summed E-state index contributed by atoms with van der Waals surface area (Å²) in [5.74, 6) is 3.55. The number of alkyl carbamates (subject to hydrolysis) is 1. The van der Waals surface area contributed by atoms with Crippen molar-refractivity contribution in [2.75, 3.05) is 66.5 Å². The molecule has 0 aromatic rings. The minimum atomic E-state index is -0.541. The quantitative estimate of drug-likeness (QED) is 0.405. The molecule has 0 aromatic carbocycles. The zero-order valence-electron chi connectivity index (χ0n) is 33.0. The number of likely N-dealkylation sites (tertiary alicyclic amines) is 3. The van der Waals surface area contributed by atoms with Gasteiger partial charge in [-0.25, -0.2) is 4.79 Å². The first-order valence-electron chi connectivity index (χ1n) is 19.1. The second-order valence-corrected chi connectivity index (χ2v) is 16.3. The number of ether oxygens (including phenoxy) is 1. The molecular weight excluding hydrogens is 620 g/mol. The third kappa shape index (κ3) is 20.1. The van der Waals surface area contributed by atoms with Crippen LogP contribution >= 0.6 is 0 Å². The van der Waals surface area contributed by atoms with Crippen LogP contribution in [0.5, 0.6) is 0 Å². The monoisotopic (exact) mass is 695 g/mol. The molecule has 0 aromatic heterocycles. The molecule has 4 fully saturated rings. The van der Waals surface area contributed by atoms with Crippen LogP contribution < -0.4 is 11.1 Å². The van der Waals surface area contributed by atoms with E-state index in [0.29, 0.717) is 5.92 Å². The van der Waals surface area contributed by atoms with Crippen LogP contribution in [0.1, 0.15) is 120 Å². The summed E-state index contributed by atoms with van der Waals surface area (Å²) in [5.41, 5.74) is 4.71. The first-order valence-corrected chi connectivity index (χ1v) is 19.1. The molecule has 3 saturated heterocycles. The van der Waals surface area contributed by atoms with Crippen LogP contribution in [0.3, 0.4) is 0 Å². The number of amides is 4. The number of carbonyl (C=O) groups is 4. The molecule has 0 atom stereocenters. The number of nitrogens with zero attached hydrogens (tertiary/aromatic N) is 4. The van der Waals surface area contributed by atoms with Crippen LogP contribution in [-0.4, -0.2) is 122 Å². The molecule has 286 valence electrons. The van der Waals surface area contributed by atoms with Gasteiger partial charge in [-0.05, 0) is 123 Å². The Balaban J connectivity index is 0.000000339. The first-order chi connectivity index (χ1) is 22.9. The predicted molar refractivity (Wildman–Crippen MR) is 199 cm³/mol. The highest BCUT2D eigenvalue weighted by Crippen LogP contribution is 2.25. The minimum Gasteiger partial charge on any atom is -0.444 e. The standard InChI is InChI=1S/C13H24N2O3.C9H19N.C8H16N2O.C8H15NO/c1-10-5-7-15(8-6-10)11(16)9-14-12(17)18-13(2,3)4;1-8-4-6-9(7-5-8)10(2)3;1-7-2-4-10(5-3-7)8(11)6-9;1-7-3-5-9(6-4-7)8(2)10/h10H,5-9H2,1-4H3,(H,14,17);8-9H,4-7H2,1-3H3;7H,2-6,9H2,1H3;7H,3-6H2,1-2H3. The normalized spacial score (nSPS) is 22.4. The van der Waals surface area contributed by atoms with Gasteiger partial charge in [-0.2, -0.15) is 0 Å². The van der Waals surface area contributed by atoms with Crippen molar-refractivity contribution < 1.29 is 23.9 Å². The van der Waals surface area contributed by atoms with E-state index in [-0.39, 0.29) is 30.8 Å². The van der Waals surface area contributed by atoms with E-state index in [2.05, 4.69) is 52.0 Å². The molecule has 11 heteroatoms. The van der Waals surface area contributed by atoms with Gasteiger partial charge in [0.1, 0.15) is 12.1 Å². The van der Waals surface area contributed by atoms with Crippen LogP contribution in [0.4, 0.5) is 4.79 Å². The molecule has 0 bridgehead atoms. The number of hydrogen-bond donors (Lipinski definition) is 2. The Morgan fingerprint density at radius 1 is 0.653 bits per heavy atom. The topological polar surface area (TPSA) is 129 Å². The predicted octanol–water partition coefficient (Wildman–Crippen LogP) is 5.36. The fourth-order valence-electron chi connectivity index (χ4n) is 6.30. The van der Waals surface area contributed by atoms with Gasteiger partial charge in [0.25, 0.3) is 0 Å². The SMILES string of the molecule is CC(=O)N1CCC(C)CC1.CC1CCC(N(C)C)CC1.CC1CCN(C(=O)CN)CC1.CC1CCN(C(=O)CNC(=O)OC(C)(C)C)CC1. The number of hydrogen-bond acceptors (Lipinski definition) is 7. The molecule has 11 nitrogen and oxygen atoms in total. The number of piperidine rings is 3. The van der Waals surface area contributed by atoms with E-state index in [1.807, 2.05) is 9.80 Å². The van der Waals surface area contributed by atoms with Gasteiger partial charge in [-0.15, -0.1) is 0 Å². The lowest BCUT2D eigenvalue weighted by atomic mass is 9.87. The lowest BCUT2D eigenvalue weighted by molar-refractivity contribution is -0.132. The van der Waals surface area contributed by atoms with E-state index in [1.54, 1.807) is 32.6 Å². The third-order valence-electron chi connectivity index (χ3n) is 10.2. The average Bonchev–Trinajstić information content (AvgIpc) is 3.04. The lowest BCUT2D eigenvalue weighted by Gasteiger charge is -2.30. The van der Waals surface area contributed by atoms with Crippen LogP contribution in [0, 0.1) is 23.7 Å². The second kappa shape index (κ2) is 23.1. The summed E-state index contributed by atoms with van der Waals surface area (Å²) in [5, 5.41) is 2.50. The molecule has 0 radical (unpaired) electrons. The summed E-state index contributed by atoms with van der Waals surface area (Å²) in [6.45, 7) is 21.6. The maximum absolute atomic E-state index is 11.8. The van der Waals surface area contributed by atoms with Crippen molar-refractivity contribution in [2.24, 2.45) is 29.4 Å². The van der Waals surface area contributed by atoms with Gasteiger partial charge >= 0.3 is 6.09 Å². The van der Waals surface area contributed by atoms with E-state index in [0.717, 1.165) is 88.7 Å². The molecule has 3 heterocycles. The molecule has 0 unspecified atom stereocenters. The molecule has 1 aliphatic carbocycles. The smallest absolute Gasteiger partial charge is 0.408 e. The summed E-state index contributed by atoms with van der Waals surface area (Å²) in [4.78, 5) is 53.1. The Morgan fingerprint density at radius 2 is 1.02 bits per heavy atom. The molecule has 3 aliphatic heterocycles. The summed E-state index contributed by atoms with van der Waals surface area (Å²) >= 11 is 0. The number of rotatable bonds is 4. The Labute approximate surface area is 299 Å². The van der Waals surface area contributed by atoms with Crippen molar-refractivity contribution in [2.45, 2.75) is 131 Å². The van der Waals surface area contributed by atoms with Gasteiger partial charge in [-0.3, -0.25) is 14.4 Å². The summed E-state index contributed by atoms with van der Waals surface area (Å²) in [7, 11) is 4.39. The number of nitrogens with one attached hydrogen (secondary N) is 1. The molecule has 1 saturated carbocycles. The van der Waals surface area contributed by atoms with Gasteiger partial charge in [0.2, 0.25) is 17.7 Å². The van der Waals surface area contributed by atoms with Crippen LogP contribution in [0.2, 0.25) is 0 Å². The molecule has 0 spiro atoms. The average molecular weight is 695 g/mol. The lowest BCUT2D eigenvalue weighted by Crippen LogP contribution is -2.44. The van der Waals surface area contributed by atoms with Gasteiger partial charge in [-0.1, -0.05) is 27.7 Å². The van der Waals surface area contributed by atoms with Crippen LogP contribution in [-0.2, 0) is 19.1 Å². The van der Waals surface area contributed by atoms with Gasteiger partial charge < -0.3 is 35.4 Å². The van der Waals surface area contributed by atoms with Crippen molar-refractivity contribution in [1.29, 1.82) is 0 Å². The van der Waals surface area contributed by atoms with E-state index in [4.69, 9.17) is 10.5 Å². The van der Waals surface area contributed by atoms with E-state index in [1.165, 1.54) is 38.5 Å². The fourth-order valence-corrected chi connectivity index (χ4v) is 6.30. The fraction of sp³-hybridized carbons (Fsp3) is 0.895. The minimum absolute atomic E-state index is 0.0172. The van der Waals surface area contributed by atoms with Crippen molar-refractivity contribution in [3.8, 4) is 0 Å². The first kappa shape index (κ1) is 44.6. The largest absolute Gasteiger partial charge is 0.444 e. The van der Waals surface area contributed by atoms with E-state index >= 15 is 0 Å². The van der Waals surface area contributed by atoms with Crippen LogP contribution in [0.25, 0.3) is 0 Å². The molecule has 4 aliphatic rings. The second-order valence-electron chi connectivity index (χ2n) is 16.3. The zero-order valence-corrected chi connectivity index (χ0v) is 33.0. The van der Waals surface area contributed by atoms with Gasteiger partial charge in [0.05, 0.1) is 6.54 Å². The van der Waals surface area contributed by atoms with Gasteiger partial charge in [0, 0.05) is 52.2 Å². The summed E-state index contributed by atoms with van der Waals surface area (Å²) in [6.07, 6.45) is 11.8. The maximum Gasteiger partial charge on any atom is 0.408 e. The Kier molecular flexibility index (Phi) is 21.1. The highest BCUT2D eigenvalue weighted by atomic mass is 16.6. The highest BCUT2D eigenvalue weighted by Gasteiger charge is 2.23. The molecule has 49 heavy (non-hydrogen) atoms. The van der Waals surface area contributed by atoms with Crippen LogP contribution in [0.15, 0.2) is 0 Å². The van der Waals surface area contributed by atoms with Gasteiger partial charge in [0.15, 0.2) is 0 Å². The maximum atomic E-state index is 11.8. The van der Waals surface area contributed by atoms with Crippen molar-refractivity contribution in [1.82, 2.24) is 24.9 Å². The number of carbonyl (C=O) groups excluding carboxylic acids is 4. The van der Waals surface area contributed by atoms with Crippen molar-refractivity contribution in [3.63, 3.8) is 0 Å². The Bertz CT molecular complexity index is 954. The molecular formula is C38H74N6O5.